The molecule has 7 heteroatoms. The summed E-state index contributed by atoms with van der Waals surface area (Å²) in [6.45, 7) is 5.41. The highest BCUT2D eigenvalue weighted by atomic mass is 19.4. The minimum atomic E-state index is -4.77. The molecule has 0 fully saturated rings. The standard InChI is InChI=1S/C8H7F3N2O2.C2H6/c1-4-2-7(13(14)15)5(3-6(4)12)8(9,10)11;1-2/h2-3H,12H2,1H3;1-2H3. The zero-order valence-electron chi connectivity index (χ0n) is 9.63. The predicted octanol–water partition coefficient (Wildman–Crippen LogP) is 3.53. The Morgan fingerprint density at radius 2 is 1.76 bits per heavy atom. The lowest BCUT2D eigenvalue weighted by atomic mass is 10.1. The molecule has 0 saturated heterocycles. The molecule has 0 spiro atoms. The number of benzene rings is 1. The Kier molecular flexibility index (Phi) is 4.93. The summed E-state index contributed by atoms with van der Waals surface area (Å²) in [6.07, 6.45) is -4.77. The molecule has 0 bridgehead atoms. The molecule has 0 radical (unpaired) electrons. The fourth-order valence-electron chi connectivity index (χ4n) is 1.09. The minimum Gasteiger partial charge on any atom is -0.398 e. The summed E-state index contributed by atoms with van der Waals surface area (Å²) >= 11 is 0. The smallest absolute Gasteiger partial charge is 0.398 e. The van der Waals surface area contributed by atoms with Gasteiger partial charge in [0.05, 0.1) is 4.92 Å². The number of nitrogens with two attached hydrogens (primary N) is 1. The number of hydrogen-bond acceptors (Lipinski definition) is 3. The van der Waals surface area contributed by atoms with Gasteiger partial charge in [0, 0.05) is 11.8 Å². The van der Waals surface area contributed by atoms with E-state index in [0.29, 0.717) is 6.07 Å². The van der Waals surface area contributed by atoms with Crippen LogP contribution in [0, 0.1) is 17.0 Å². The number of rotatable bonds is 1. The third-order valence-electron chi connectivity index (χ3n) is 1.89. The first-order chi connectivity index (χ1) is 7.73. The van der Waals surface area contributed by atoms with Gasteiger partial charge in [0.25, 0.3) is 5.69 Å². The van der Waals surface area contributed by atoms with Crippen molar-refractivity contribution in [3.63, 3.8) is 0 Å². The minimum absolute atomic E-state index is 0.118. The lowest BCUT2D eigenvalue weighted by molar-refractivity contribution is -0.388. The van der Waals surface area contributed by atoms with E-state index in [1.54, 1.807) is 0 Å². The lowest BCUT2D eigenvalue weighted by Crippen LogP contribution is -2.10. The van der Waals surface area contributed by atoms with E-state index >= 15 is 0 Å². The molecular weight excluding hydrogens is 237 g/mol. The number of aryl methyl sites for hydroxylation is 1. The van der Waals surface area contributed by atoms with Gasteiger partial charge in [0.1, 0.15) is 5.56 Å². The van der Waals surface area contributed by atoms with Gasteiger partial charge in [-0.2, -0.15) is 13.2 Å². The van der Waals surface area contributed by atoms with E-state index in [9.17, 15) is 23.3 Å². The van der Waals surface area contributed by atoms with Crippen molar-refractivity contribution in [3.05, 3.63) is 33.4 Å². The summed E-state index contributed by atoms with van der Waals surface area (Å²) in [5.41, 5.74) is 3.09. The molecule has 0 atom stereocenters. The Morgan fingerprint density at radius 1 is 1.29 bits per heavy atom. The van der Waals surface area contributed by atoms with Crippen molar-refractivity contribution in [2.75, 3.05) is 5.73 Å². The van der Waals surface area contributed by atoms with Crippen LogP contribution >= 0.6 is 0 Å². The number of alkyl halides is 3. The Hall–Kier alpha value is -1.79. The average Bonchev–Trinajstić information content (AvgIpc) is 2.22. The van der Waals surface area contributed by atoms with E-state index < -0.39 is 22.4 Å². The van der Waals surface area contributed by atoms with E-state index in [4.69, 9.17) is 5.73 Å². The number of anilines is 1. The van der Waals surface area contributed by atoms with E-state index in [2.05, 4.69) is 0 Å². The topological polar surface area (TPSA) is 69.2 Å². The summed E-state index contributed by atoms with van der Waals surface area (Å²) in [5.74, 6) is 0. The molecule has 0 aliphatic heterocycles. The Labute approximate surface area is 96.4 Å². The molecule has 0 aromatic heterocycles. The quantitative estimate of drug-likeness (QED) is 0.471. The summed E-state index contributed by atoms with van der Waals surface area (Å²) in [6, 6.07) is 1.39. The van der Waals surface area contributed by atoms with Gasteiger partial charge >= 0.3 is 6.18 Å². The normalized spacial score (nSPS) is 10.5. The molecule has 2 N–H and O–H groups in total. The van der Waals surface area contributed by atoms with Gasteiger partial charge in [-0.1, -0.05) is 13.8 Å². The van der Waals surface area contributed by atoms with Gasteiger partial charge in [-0.25, -0.2) is 0 Å². The van der Waals surface area contributed by atoms with Crippen molar-refractivity contribution in [1.29, 1.82) is 0 Å². The second-order valence-corrected chi connectivity index (χ2v) is 2.98. The van der Waals surface area contributed by atoms with Gasteiger partial charge in [0.15, 0.2) is 0 Å². The first kappa shape index (κ1) is 15.2. The van der Waals surface area contributed by atoms with Crippen LogP contribution in [0.2, 0.25) is 0 Å². The van der Waals surface area contributed by atoms with Crippen molar-refractivity contribution >= 4 is 11.4 Å². The third-order valence-corrected chi connectivity index (χ3v) is 1.89. The molecule has 1 aromatic rings. The van der Waals surface area contributed by atoms with Crippen LogP contribution in [0.1, 0.15) is 25.0 Å². The molecule has 0 aliphatic rings. The summed E-state index contributed by atoms with van der Waals surface area (Å²) in [4.78, 5) is 9.32. The molecular formula is C10H13F3N2O2. The number of nitro groups is 1. The number of nitrogen functional groups attached to an aromatic ring is 1. The van der Waals surface area contributed by atoms with Crippen molar-refractivity contribution in [3.8, 4) is 0 Å². The zero-order chi connectivity index (χ0) is 13.8. The zero-order valence-corrected chi connectivity index (χ0v) is 9.63. The fourth-order valence-corrected chi connectivity index (χ4v) is 1.09. The van der Waals surface area contributed by atoms with E-state index in [0.717, 1.165) is 6.07 Å². The van der Waals surface area contributed by atoms with Crippen molar-refractivity contribution in [2.24, 2.45) is 0 Å². The summed E-state index contributed by atoms with van der Waals surface area (Å²) in [7, 11) is 0. The maximum absolute atomic E-state index is 12.4. The van der Waals surface area contributed by atoms with Crippen LogP contribution in [0.15, 0.2) is 12.1 Å². The summed E-state index contributed by atoms with van der Waals surface area (Å²) < 4.78 is 37.1. The number of hydrogen-bond donors (Lipinski definition) is 1. The third kappa shape index (κ3) is 3.61. The first-order valence-electron chi connectivity index (χ1n) is 4.85. The summed E-state index contributed by atoms with van der Waals surface area (Å²) in [5, 5.41) is 10.4. The van der Waals surface area contributed by atoms with E-state index in [-0.39, 0.29) is 11.3 Å². The molecule has 1 aromatic carbocycles. The molecule has 0 aliphatic carbocycles. The van der Waals surface area contributed by atoms with Gasteiger partial charge < -0.3 is 5.73 Å². The highest BCUT2D eigenvalue weighted by molar-refractivity contribution is 5.57. The van der Waals surface area contributed by atoms with Crippen LogP contribution in [0.5, 0.6) is 0 Å². The van der Waals surface area contributed by atoms with Gasteiger partial charge in [0.2, 0.25) is 0 Å². The van der Waals surface area contributed by atoms with E-state index in [1.165, 1.54) is 6.92 Å². The molecule has 0 heterocycles. The van der Waals surface area contributed by atoms with Crippen molar-refractivity contribution in [2.45, 2.75) is 26.9 Å². The van der Waals surface area contributed by atoms with Crippen LogP contribution < -0.4 is 5.73 Å². The molecule has 17 heavy (non-hydrogen) atoms. The second-order valence-electron chi connectivity index (χ2n) is 2.98. The van der Waals surface area contributed by atoms with Gasteiger partial charge in [-0.15, -0.1) is 0 Å². The highest BCUT2D eigenvalue weighted by Gasteiger charge is 2.38. The maximum atomic E-state index is 12.4. The van der Waals surface area contributed by atoms with Crippen LogP contribution in [0.4, 0.5) is 24.5 Å². The monoisotopic (exact) mass is 250 g/mol. The molecule has 1 rings (SSSR count). The van der Waals surface area contributed by atoms with Crippen LogP contribution in [-0.2, 0) is 6.18 Å². The van der Waals surface area contributed by atoms with Crippen molar-refractivity contribution in [1.82, 2.24) is 0 Å². The average molecular weight is 250 g/mol. The number of nitrogens with zero attached hydrogens (tertiary/aromatic N) is 1. The van der Waals surface area contributed by atoms with Gasteiger partial charge in [-0.3, -0.25) is 10.1 Å². The molecule has 0 amide bonds. The SMILES string of the molecule is CC.Cc1cc([N+](=O)[O-])c(C(F)(F)F)cc1N. The highest BCUT2D eigenvalue weighted by Crippen LogP contribution is 2.38. The Balaban J connectivity index is 0.00000121. The van der Waals surface area contributed by atoms with Crippen LogP contribution in [0.3, 0.4) is 0 Å². The Bertz CT molecular complexity index is 417. The maximum Gasteiger partial charge on any atom is 0.423 e. The number of halogens is 3. The largest absolute Gasteiger partial charge is 0.423 e. The second kappa shape index (κ2) is 5.51. The molecule has 4 nitrogen and oxygen atoms in total. The van der Waals surface area contributed by atoms with E-state index in [1.807, 2.05) is 13.8 Å². The predicted molar refractivity (Wildman–Crippen MR) is 58.6 cm³/mol. The first-order valence-corrected chi connectivity index (χ1v) is 4.85. The molecule has 96 valence electrons. The fraction of sp³-hybridized carbons (Fsp3) is 0.400. The van der Waals surface area contributed by atoms with Gasteiger partial charge in [-0.05, 0) is 18.6 Å². The lowest BCUT2D eigenvalue weighted by Gasteiger charge is -2.09. The molecule has 0 unspecified atom stereocenters. The van der Waals surface area contributed by atoms with Crippen molar-refractivity contribution < 1.29 is 18.1 Å². The molecule has 0 saturated carbocycles. The van der Waals surface area contributed by atoms with Crippen LogP contribution in [0.25, 0.3) is 0 Å². The Morgan fingerprint density at radius 3 is 2.12 bits per heavy atom. The number of nitro benzene ring substituents is 1. The van der Waals surface area contributed by atoms with Crippen LogP contribution in [-0.4, -0.2) is 4.92 Å².